The first-order chi connectivity index (χ1) is 14.2. The zero-order valence-electron chi connectivity index (χ0n) is 16.6. The molecule has 5 nitrogen and oxygen atoms in total. The smallest absolute Gasteiger partial charge is 0.416 e. The van der Waals surface area contributed by atoms with E-state index in [0.717, 1.165) is 6.07 Å². The van der Waals surface area contributed by atoms with Crippen molar-refractivity contribution < 1.29 is 27.4 Å². The van der Waals surface area contributed by atoms with Crippen molar-refractivity contribution in [1.29, 1.82) is 0 Å². The Kier molecular flexibility index (Phi) is 6.92. The van der Waals surface area contributed by atoms with E-state index >= 15 is 0 Å². The maximum atomic E-state index is 13.0. The molecule has 2 aromatic carbocycles. The van der Waals surface area contributed by atoms with Crippen molar-refractivity contribution in [2.75, 3.05) is 40.4 Å². The summed E-state index contributed by atoms with van der Waals surface area (Å²) in [7, 11) is 3.02. The summed E-state index contributed by atoms with van der Waals surface area (Å²) in [4.78, 5) is 16.8. The zero-order chi connectivity index (χ0) is 21.9. The highest BCUT2D eigenvalue weighted by atomic mass is 79.9. The second-order valence-electron chi connectivity index (χ2n) is 6.96. The van der Waals surface area contributed by atoms with Gasteiger partial charge in [-0.05, 0) is 39.7 Å². The van der Waals surface area contributed by atoms with Gasteiger partial charge in [-0.1, -0.05) is 18.2 Å². The molecule has 1 fully saturated rings. The quantitative estimate of drug-likeness (QED) is 0.626. The fraction of sp³-hybridized carbons (Fsp3) is 0.381. The molecule has 0 saturated carbocycles. The molecule has 1 saturated heterocycles. The van der Waals surface area contributed by atoms with Gasteiger partial charge in [0.05, 0.1) is 29.8 Å². The SMILES string of the molecule is COc1cc(Br)c(OC)c(C(=O)N2CCN(Cc3cccc(C(F)(F)F)c3)CC2)c1. The summed E-state index contributed by atoms with van der Waals surface area (Å²) in [5.74, 6) is 0.798. The van der Waals surface area contributed by atoms with Crippen LogP contribution in [0.1, 0.15) is 21.5 Å². The maximum absolute atomic E-state index is 13.0. The van der Waals surface area contributed by atoms with E-state index in [-0.39, 0.29) is 5.91 Å². The van der Waals surface area contributed by atoms with Crippen molar-refractivity contribution in [1.82, 2.24) is 9.80 Å². The molecule has 0 bridgehead atoms. The first-order valence-corrected chi connectivity index (χ1v) is 10.1. The predicted octanol–water partition coefficient (Wildman–Crippen LogP) is 4.44. The molecule has 1 aliphatic rings. The summed E-state index contributed by atoms with van der Waals surface area (Å²) in [5, 5.41) is 0. The van der Waals surface area contributed by atoms with Crippen LogP contribution >= 0.6 is 15.9 Å². The van der Waals surface area contributed by atoms with Crippen molar-refractivity contribution >= 4 is 21.8 Å². The van der Waals surface area contributed by atoms with Crippen LogP contribution in [0.5, 0.6) is 11.5 Å². The number of hydrogen-bond acceptors (Lipinski definition) is 4. The van der Waals surface area contributed by atoms with Gasteiger partial charge in [0.2, 0.25) is 0 Å². The Balaban J connectivity index is 1.66. The standard InChI is InChI=1S/C21H22BrF3N2O3/c1-29-16-11-17(19(30-2)18(22)12-16)20(28)27-8-6-26(7-9-27)13-14-4-3-5-15(10-14)21(23,24)25/h3-5,10-12H,6-9,13H2,1-2H3. The number of benzene rings is 2. The molecule has 1 aliphatic heterocycles. The number of hydrogen-bond donors (Lipinski definition) is 0. The van der Waals surface area contributed by atoms with E-state index in [1.165, 1.54) is 26.4 Å². The van der Waals surface area contributed by atoms with Gasteiger partial charge in [0.25, 0.3) is 5.91 Å². The molecular weight excluding hydrogens is 465 g/mol. The van der Waals surface area contributed by atoms with Crippen LogP contribution < -0.4 is 9.47 Å². The first kappa shape index (κ1) is 22.4. The Morgan fingerprint density at radius 1 is 1.07 bits per heavy atom. The van der Waals surface area contributed by atoms with E-state index in [9.17, 15) is 18.0 Å². The molecule has 0 spiro atoms. The predicted molar refractivity (Wildman–Crippen MR) is 110 cm³/mol. The largest absolute Gasteiger partial charge is 0.497 e. The van der Waals surface area contributed by atoms with Gasteiger partial charge in [0.1, 0.15) is 11.5 Å². The van der Waals surface area contributed by atoms with E-state index in [2.05, 4.69) is 15.9 Å². The molecule has 0 atom stereocenters. The number of alkyl halides is 3. The number of methoxy groups -OCH3 is 2. The van der Waals surface area contributed by atoms with Gasteiger partial charge in [0, 0.05) is 32.7 Å². The van der Waals surface area contributed by atoms with Gasteiger partial charge >= 0.3 is 6.18 Å². The van der Waals surface area contributed by atoms with Crippen LogP contribution in [0.3, 0.4) is 0 Å². The molecule has 2 aromatic rings. The second kappa shape index (κ2) is 9.26. The summed E-state index contributed by atoms with van der Waals surface area (Å²) >= 11 is 3.39. The summed E-state index contributed by atoms with van der Waals surface area (Å²) in [6.07, 6.45) is -4.36. The number of nitrogens with zero attached hydrogens (tertiary/aromatic N) is 2. The molecular formula is C21H22BrF3N2O3. The van der Waals surface area contributed by atoms with E-state index in [1.54, 1.807) is 23.1 Å². The fourth-order valence-corrected chi connectivity index (χ4v) is 4.04. The van der Waals surface area contributed by atoms with E-state index in [0.29, 0.717) is 59.8 Å². The van der Waals surface area contributed by atoms with E-state index in [4.69, 9.17) is 9.47 Å². The van der Waals surface area contributed by atoms with Crippen LogP contribution in [0.4, 0.5) is 13.2 Å². The normalized spacial score (nSPS) is 15.2. The fourth-order valence-electron chi connectivity index (χ4n) is 3.44. The molecule has 0 aliphatic carbocycles. The lowest BCUT2D eigenvalue weighted by Crippen LogP contribution is -2.48. The monoisotopic (exact) mass is 486 g/mol. The van der Waals surface area contributed by atoms with Gasteiger partial charge in [-0.3, -0.25) is 9.69 Å². The van der Waals surface area contributed by atoms with Gasteiger partial charge in [-0.15, -0.1) is 0 Å². The molecule has 0 unspecified atom stereocenters. The number of halogens is 4. The lowest BCUT2D eigenvalue weighted by molar-refractivity contribution is -0.137. The van der Waals surface area contributed by atoms with E-state index < -0.39 is 11.7 Å². The third kappa shape index (κ3) is 5.07. The Bertz CT molecular complexity index is 913. The molecule has 0 radical (unpaired) electrons. The molecule has 9 heteroatoms. The highest BCUT2D eigenvalue weighted by Gasteiger charge is 2.31. The van der Waals surface area contributed by atoms with Crippen LogP contribution in [-0.2, 0) is 12.7 Å². The van der Waals surface area contributed by atoms with Gasteiger partial charge in [-0.2, -0.15) is 13.2 Å². The average molecular weight is 487 g/mol. The Labute approximate surface area is 181 Å². The average Bonchev–Trinajstić information content (AvgIpc) is 2.72. The number of piperazine rings is 1. The highest BCUT2D eigenvalue weighted by molar-refractivity contribution is 9.10. The topological polar surface area (TPSA) is 42.0 Å². The molecule has 0 aromatic heterocycles. The number of amides is 1. The third-order valence-electron chi connectivity index (χ3n) is 5.01. The van der Waals surface area contributed by atoms with Crippen molar-refractivity contribution in [3.05, 3.63) is 57.6 Å². The Hall–Kier alpha value is -2.26. The summed E-state index contributed by atoms with van der Waals surface area (Å²) < 4.78 is 50.0. The maximum Gasteiger partial charge on any atom is 0.416 e. The Morgan fingerprint density at radius 3 is 2.37 bits per heavy atom. The molecule has 1 amide bonds. The Morgan fingerprint density at radius 2 is 1.77 bits per heavy atom. The molecule has 0 N–H and O–H groups in total. The minimum Gasteiger partial charge on any atom is -0.497 e. The second-order valence-corrected chi connectivity index (χ2v) is 7.81. The van der Waals surface area contributed by atoms with Gasteiger partial charge in [0.15, 0.2) is 0 Å². The number of rotatable bonds is 5. The third-order valence-corrected chi connectivity index (χ3v) is 5.60. The number of carbonyl (C=O) groups excluding carboxylic acids is 1. The first-order valence-electron chi connectivity index (χ1n) is 9.32. The van der Waals surface area contributed by atoms with Crippen molar-refractivity contribution in [3.8, 4) is 11.5 Å². The van der Waals surface area contributed by atoms with Gasteiger partial charge in [-0.25, -0.2) is 0 Å². The zero-order valence-corrected chi connectivity index (χ0v) is 18.2. The molecule has 30 heavy (non-hydrogen) atoms. The molecule has 3 rings (SSSR count). The molecule has 162 valence electrons. The van der Waals surface area contributed by atoms with Crippen molar-refractivity contribution in [2.24, 2.45) is 0 Å². The minimum absolute atomic E-state index is 0.176. The lowest BCUT2D eigenvalue weighted by atomic mass is 10.1. The lowest BCUT2D eigenvalue weighted by Gasteiger charge is -2.35. The number of ether oxygens (including phenoxy) is 2. The minimum atomic E-state index is -4.36. The van der Waals surface area contributed by atoms with Crippen LogP contribution in [0.15, 0.2) is 40.9 Å². The van der Waals surface area contributed by atoms with E-state index in [1.807, 2.05) is 4.90 Å². The van der Waals surface area contributed by atoms with Crippen molar-refractivity contribution in [2.45, 2.75) is 12.7 Å². The summed E-state index contributed by atoms with van der Waals surface area (Å²) in [5.41, 5.74) is 0.350. The van der Waals surface area contributed by atoms with Crippen LogP contribution in [0, 0.1) is 0 Å². The van der Waals surface area contributed by atoms with Gasteiger partial charge < -0.3 is 14.4 Å². The summed E-state index contributed by atoms with van der Waals surface area (Å²) in [6.45, 7) is 2.47. The van der Waals surface area contributed by atoms with Crippen LogP contribution in [0.2, 0.25) is 0 Å². The summed E-state index contributed by atoms with van der Waals surface area (Å²) in [6, 6.07) is 8.72. The number of carbonyl (C=O) groups is 1. The van der Waals surface area contributed by atoms with Crippen LogP contribution in [-0.4, -0.2) is 56.1 Å². The molecule has 1 heterocycles. The highest BCUT2D eigenvalue weighted by Crippen LogP contribution is 2.34. The van der Waals surface area contributed by atoms with Crippen molar-refractivity contribution in [3.63, 3.8) is 0 Å². The van der Waals surface area contributed by atoms with Crippen LogP contribution in [0.25, 0.3) is 0 Å².